The molecule has 136 valence electrons. The first-order valence-electron chi connectivity index (χ1n) is 9.41. The van der Waals surface area contributed by atoms with E-state index < -0.39 is 0 Å². The number of anilines is 2. The van der Waals surface area contributed by atoms with E-state index in [0.717, 1.165) is 22.5 Å². The second-order valence-corrected chi connectivity index (χ2v) is 7.37. The molecule has 1 amide bonds. The van der Waals surface area contributed by atoms with Crippen LogP contribution in [0.4, 0.5) is 11.4 Å². The summed E-state index contributed by atoms with van der Waals surface area (Å²) in [5.41, 5.74) is 6.02. The van der Waals surface area contributed by atoms with Gasteiger partial charge in [-0.05, 0) is 53.8 Å². The molecule has 3 aromatic rings. The highest BCUT2D eigenvalue weighted by Crippen LogP contribution is 2.37. The smallest absolute Gasteiger partial charge is 0.262 e. The van der Waals surface area contributed by atoms with Crippen molar-refractivity contribution in [2.45, 2.75) is 32.9 Å². The molecule has 0 saturated carbocycles. The number of hydrogen-bond donors (Lipinski definition) is 1. The molecule has 0 spiro atoms. The molecule has 0 bridgehead atoms. The van der Waals surface area contributed by atoms with Gasteiger partial charge in [-0.15, -0.1) is 0 Å². The molecule has 3 heteroatoms. The highest BCUT2D eigenvalue weighted by Gasteiger charge is 2.34. The number of aryl methyl sites for hydroxylation is 1. The molecule has 1 unspecified atom stereocenters. The Labute approximate surface area is 160 Å². The third-order valence-electron chi connectivity index (χ3n) is 5.25. The first-order chi connectivity index (χ1) is 13.1. The topological polar surface area (TPSA) is 32.3 Å². The van der Waals surface area contributed by atoms with Crippen LogP contribution in [0.1, 0.15) is 53.0 Å². The van der Waals surface area contributed by atoms with Gasteiger partial charge in [0.2, 0.25) is 0 Å². The number of carbonyl (C=O) groups is 1. The van der Waals surface area contributed by atoms with Gasteiger partial charge in [0.05, 0.1) is 5.56 Å². The first-order valence-corrected chi connectivity index (χ1v) is 9.41. The van der Waals surface area contributed by atoms with Crippen LogP contribution in [0.3, 0.4) is 0 Å². The standard InChI is InChI=1S/C24H24N2O/c1-16(2)18-12-14-19(15-13-18)26-23(20-9-5-4-8-17(20)3)25-22-11-7-6-10-21(22)24(26)27/h4-16,23,25H,1-3H3. The lowest BCUT2D eigenvalue weighted by Gasteiger charge is -2.38. The van der Waals surface area contributed by atoms with Crippen molar-refractivity contribution in [3.8, 4) is 0 Å². The molecule has 0 fully saturated rings. The molecule has 3 aromatic carbocycles. The second kappa shape index (κ2) is 6.92. The Morgan fingerprint density at radius 1 is 0.889 bits per heavy atom. The summed E-state index contributed by atoms with van der Waals surface area (Å²) >= 11 is 0. The summed E-state index contributed by atoms with van der Waals surface area (Å²) in [6.07, 6.45) is -0.238. The number of carbonyl (C=O) groups excluding carboxylic acids is 1. The van der Waals surface area contributed by atoms with Gasteiger partial charge >= 0.3 is 0 Å². The molecule has 3 nitrogen and oxygen atoms in total. The fourth-order valence-corrected chi connectivity index (χ4v) is 3.65. The molecule has 27 heavy (non-hydrogen) atoms. The summed E-state index contributed by atoms with van der Waals surface area (Å²) < 4.78 is 0. The van der Waals surface area contributed by atoms with E-state index in [1.54, 1.807) is 0 Å². The Morgan fingerprint density at radius 2 is 1.56 bits per heavy atom. The maximum atomic E-state index is 13.4. The van der Waals surface area contributed by atoms with Gasteiger partial charge in [-0.25, -0.2) is 0 Å². The third kappa shape index (κ3) is 3.10. The molecule has 1 atom stereocenters. The number of hydrogen-bond acceptors (Lipinski definition) is 2. The highest BCUT2D eigenvalue weighted by molar-refractivity contribution is 6.12. The van der Waals surface area contributed by atoms with E-state index >= 15 is 0 Å². The van der Waals surface area contributed by atoms with E-state index in [0.29, 0.717) is 11.5 Å². The van der Waals surface area contributed by atoms with Gasteiger partial charge < -0.3 is 5.32 Å². The van der Waals surface area contributed by atoms with Gasteiger partial charge in [0.1, 0.15) is 6.17 Å². The van der Waals surface area contributed by atoms with Gasteiger partial charge in [0.25, 0.3) is 5.91 Å². The van der Waals surface area contributed by atoms with Gasteiger partial charge in [-0.3, -0.25) is 9.69 Å². The van der Waals surface area contributed by atoms with E-state index in [4.69, 9.17) is 0 Å². The Balaban J connectivity index is 1.84. The molecule has 1 aliphatic heterocycles. The average molecular weight is 356 g/mol. The van der Waals surface area contributed by atoms with Crippen molar-refractivity contribution in [2.75, 3.05) is 10.2 Å². The van der Waals surface area contributed by atoms with Crippen molar-refractivity contribution in [3.05, 3.63) is 95.1 Å². The predicted octanol–water partition coefficient (Wildman–Crippen LogP) is 5.89. The highest BCUT2D eigenvalue weighted by atomic mass is 16.2. The molecule has 1 aliphatic rings. The lowest BCUT2D eigenvalue weighted by atomic mass is 9.98. The van der Waals surface area contributed by atoms with Crippen LogP contribution >= 0.6 is 0 Å². The molecule has 4 rings (SSSR count). The summed E-state index contributed by atoms with van der Waals surface area (Å²) in [6.45, 7) is 6.44. The Hall–Kier alpha value is -3.07. The summed E-state index contributed by atoms with van der Waals surface area (Å²) in [7, 11) is 0. The lowest BCUT2D eigenvalue weighted by Crippen LogP contribution is -2.43. The normalized spacial score (nSPS) is 16.2. The van der Waals surface area contributed by atoms with E-state index in [9.17, 15) is 4.79 Å². The predicted molar refractivity (Wildman–Crippen MR) is 111 cm³/mol. The lowest BCUT2D eigenvalue weighted by molar-refractivity contribution is 0.0975. The van der Waals surface area contributed by atoms with E-state index in [2.05, 4.69) is 50.4 Å². The number of nitrogens with one attached hydrogen (secondary N) is 1. The zero-order valence-electron chi connectivity index (χ0n) is 15.9. The Kier molecular flexibility index (Phi) is 4.44. The van der Waals surface area contributed by atoms with Crippen LogP contribution in [0.2, 0.25) is 0 Å². The van der Waals surface area contributed by atoms with Gasteiger partial charge in [0, 0.05) is 11.4 Å². The molecular weight excluding hydrogens is 332 g/mol. The fourth-order valence-electron chi connectivity index (χ4n) is 3.65. The molecule has 0 radical (unpaired) electrons. The third-order valence-corrected chi connectivity index (χ3v) is 5.25. The second-order valence-electron chi connectivity index (χ2n) is 7.37. The zero-order chi connectivity index (χ0) is 19.0. The average Bonchev–Trinajstić information content (AvgIpc) is 2.68. The van der Waals surface area contributed by atoms with Crippen LogP contribution < -0.4 is 10.2 Å². The monoisotopic (exact) mass is 356 g/mol. The van der Waals surface area contributed by atoms with Crippen molar-refractivity contribution >= 4 is 17.3 Å². The summed E-state index contributed by atoms with van der Waals surface area (Å²) in [6, 6.07) is 24.3. The number of amides is 1. The van der Waals surface area contributed by atoms with E-state index in [-0.39, 0.29) is 12.1 Å². The Bertz CT molecular complexity index is 976. The molecule has 0 saturated heterocycles. The molecule has 1 N–H and O–H groups in total. The maximum Gasteiger partial charge on any atom is 0.262 e. The van der Waals surface area contributed by atoms with Crippen molar-refractivity contribution in [1.29, 1.82) is 0 Å². The van der Waals surface area contributed by atoms with Crippen LogP contribution in [0.15, 0.2) is 72.8 Å². The van der Waals surface area contributed by atoms with Crippen LogP contribution in [-0.4, -0.2) is 5.91 Å². The quantitative estimate of drug-likeness (QED) is 0.634. The molecule has 0 aliphatic carbocycles. The fraction of sp³-hybridized carbons (Fsp3) is 0.208. The van der Waals surface area contributed by atoms with Crippen molar-refractivity contribution in [2.24, 2.45) is 0 Å². The van der Waals surface area contributed by atoms with Crippen LogP contribution in [0.5, 0.6) is 0 Å². The minimum absolute atomic E-state index is 0.0231. The number of para-hydroxylation sites is 1. The van der Waals surface area contributed by atoms with Crippen molar-refractivity contribution in [3.63, 3.8) is 0 Å². The van der Waals surface area contributed by atoms with Gasteiger partial charge in [-0.1, -0.05) is 62.4 Å². The zero-order valence-corrected chi connectivity index (χ0v) is 15.9. The van der Waals surface area contributed by atoms with Crippen molar-refractivity contribution < 1.29 is 4.79 Å². The van der Waals surface area contributed by atoms with Crippen LogP contribution in [0.25, 0.3) is 0 Å². The van der Waals surface area contributed by atoms with Crippen LogP contribution in [0, 0.1) is 6.92 Å². The minimum atomic E-state index is -0.238. The van der Waals surface area contributed by atoms with Crippen LogP contribution in [-0.2, 0) is 0 Å². The maximum absolute atomic E-state index is 13.4. The summed E-state index contributed by atoms with van der Waals surface area (Å²) in [5, 5.41) is 3.58. The summed E-state index contributed by atoms with van der Waals surface area (Å²) in [5.74, 6) is 0.483. The number of benzene rings is 3. The molecule has 1 heterocycles. The Morgan fingerprint density at radius 3 is 2.26 bits per heavy atom. The largest absolute Gasteiger partial charge is 0.360 e. The number of rotatable bonds is 3. The minimum Gasteiger partial charge on any atom is -0.360 e. The van der Waals surface area contributed by atoms with Gasteiger partial charge in [0.15, 0.2) is 0 Å². The molecule has 0 aromatic heterocycles. The van der Waals surface area contributed by atoms with E-state index in [1.807, 2.05) is 53.4 Å². The summed E-state index contributed by atoms with van der Waals surface area (Å²) in [4.78, 5) is 15.3. The SMILES string of the molecule is Cc1ccccc1C1Nc2ccccc2C(=O)N1c1ccc(C(C)C)cc1. The molecular formula is C24H24N2O. The number of nitrogens with zero attached hydrogens (tertiary/aromatic N) is 1. The van der Waals surface area contributed by atoms with Gasteiger partial charge in [-0.2, -0.15) is 0 Å². The van der Waals surface area contributed by atoms with Crippen molar-refractivity contribution in [1.82, 2.24) is 0 Å². The number of fused-ring (bicyclic) bond motifs is 1. The first kappa shape index (κ1) is 17.3. The van der Waals surface area contributed by atoms with E-state index in [1.165, 1.54) is 5.56 Å².